The van der Waals surface area contributed by atoms with Crippen LogP contribution in [0.15, 0.2) is 24.3 Å². The molecule has 2 aliphatic carbocycles. The first-order chi connectivity index (χ1) is 10.4. The van der Waals surface area contributed by atoms with Gasteiger partial charge in [0, 0.05) is 6.04 Å². The van der Waals surface area contributed by atoms with Crippen molar-refractivity contribution >= 4 is 0 Å². The molecule has 1 aromatic carbocycles. The minimum absolute atomic E-state index is 0.338. The second kappa shape index (κ2) is 7.42. The molecule has 0 spiro atoms. The van der Waals surface area contributed by atoms with Gasteiger partial charge in [0.25, 0.3) is 0 Å². The summed E-state index contributed by atoms with van der Waals surface area (Å²) in [5.74, 6) is 7.57. The van der Waals surface area contributed by atoms with E-state index in [0.29, 0.717) is 6.04 Å². The van der Waals surface area contributed by atoms with Gasteiger partial charge in [0.2, 0.25) is 0 Å². The van der Waals surface area contributed by atoms with Gasteiger partial charge in [-0.2, -0.15) is 0 Å². The van der Waals surface area contributed by atoms with Crippen molar-refractivity contribution in [3.8, 4) is 0 Å². The van der Waals surface area contributed by atoms with Gasteiger partial charge >= 0.3 is 0 Å². The van der Waals surface area contributed by atoms with Crippen LogP contribution in [0.1, 0.15) is 87.3 Å². The summed E-state index contributed by atoms with van der Waals surface area (Å²) in [6, 6.07) is 9.33. The fourth-order valence-corrected chi connectivity index (χ4v) is 4.14. The minimum atomic E-state index is 0.338. The first-order valence-electron chi connectivity index (χ1n) is 8.93. The van der Waals surface area contributed by atoms with Gasteiger partial charge < -0.3 is 0 Å². The highest BCUT2D eigenvalue weighted by Crippen LogP contribution is 2.41. The molecule has 0 radical (unpaired) electrons. The lowest BCUT2D eigenvalue weighted by Crippen LogP contribution is -2.31. The summed E-state index contributed by atoms with van der Waals surface area (Å²) >= 11 is 0. The maximum atomic E-state index is 5.94. The van der Waals surface area contributed by atoms with Crippen LogP contribution < -0.4 is 11.3 Å². The molecule has 21 heavy (non-hydrogen) atoms. The number of hydrogen-bond donors (Lipinski definition) is 2. The van der Waals surface area contributed by atoms with E-state index in [1.165, 1.54) is 69.8 Å². The van der Waals surface area contributed by atoms with Crippen molar-refractivity contribution in [3.05, 3.63) is 35.4 Å². The van der Waals surface area contributed by atoms with Crippen molar-refractivity contribution in [2.75, 3.05) is 0 Å². The van der Waals surface area contributed by atoms with Crippen LogP contribution in [-0.4, -0.2) is 0 Å². The molecule has 0 amide bonds. The minimum Gasteiger partial charge on any atom is -0.271 e. The van der Waals surface area contributed by atoms with Crippen LogP contribution in [0.25, 0.3) is 0 Å². The predicted molar refractivity (Wildman–Crippen MR) is 88.9 cm³/mol. The summed E-state index contributed by atoms with van der Waals surface area (Å²) < 4.78 is 0. The van der Waals surface area contributed by atoms with Gasteiger partial charge in [-0.05, 0) is 42.2 Å². The topological polar surface area (TPSA) is 38.0 Å². The molecule has 1 unspecified atom stereocenters. The first kappa shape index (κ1) is 15.1. The van der Waals surface area contributed by atoms with Gasteiger partial charge in [-0.3, -0.25) is 11.3 Å². The molecule has 1 aromatic rings. The summed E-state index contributed by atoms with van der Waals surface area (Å²) in [5, 5.41) is 0. The Hall–Kier alpha value is -0.860. The highest BCUT2D eigenvalue weighted by molar-refractivity contribution is 5.34. The lowest BCUT2D eigenvalue weighted by Gasteiger charge is -2.31. The number of nitrogens with two attached hydrogens (primary N) is 1. The fraction of sp³-hybridized carbons (Fsp3) is 0.684. The maximum Gasteiger partial charge on any atom is 0.0465 e. The molecule has 2 heteroatoms. The van der Waals surface area contributed by atoms with E-state index in [9.17, 15) is 0 Å². The maximum absolute atomic E-state index is 5.94. The molecule has 3 rings (SSSR count). The molecule has 3 N–H and O–H groups in total. The van der Waals surface area contributed by atoms with Crippen molar-refractivity contribution in [1.29, 1.82) is 0 Å². The number of hydrogen-bond acceptors (Lipinski definition) is 2. The summed E-state index contributed by atoms with van der Waals surface area (Å²) in [5.41, 5.74) is 6.15. The second-order valence-corrected chi connectivity index (χ2v) is 7.07. The largest absolute Gasteiger partial charge is 0.271 e. The third kappa shape index (κ3) is 3.67. The van der Waals surface area contributed by atoms with Gasteiger partial charge in [-0.25, -0.2) is 0 Å². The van der Waals surface area contributed by atoms with Gasteiger partial charge in [-0.1, -0.05) is 69.2 Å². The fourth-order valence-electron chi connectivity index (χ4n) is 4.14. The van der Waals surface area contributed by atoms with E-state index < -0.39 is 0 Å². The average molecular weight is 286 g/mol. The highest BCUT2D eigenvalue weighted by Gasteiger charge is 2.26. The SMILES string of the molecule is NNC(CC1CCCCCC1)c1ccccc1C1CCC1. The molecular formula is C19H30N2. The lowest BCUT2D eigenvalue weighted by molar-refractivity contribution is 0.351. The number of nitrogens with one attached hydrogen (secondary N) is 1. The molecule has 0 saturated heterocycles. The zero-order valence-corrected chi connectivity index (χ0v) is 13.2. The monoisotopic (exact) mass is 286 g/mol. The Morgan fingerprint density at radius 3 is 2.29 bits per heavy atom. The summed E-state index contributed by atoms with van der Waals surface area (Å²) in [6.07, 6.45) is 13.8. The quantitative estimate of drug-likeness (QED) is 0.463. The Balaban J connectivity index is 1.72. The van der Waals surface area contributed by atoms with Gasteiger partial charge in [0.1, 0.15) is 0 Å². The van der Waals surface area contributed by atoms with E-state index in [2.05, 4.69) is 29.7 Å². The Labute approximate surface area is 129 Å². The van der Waals surface area contributed by atoms with Gasteiger partial charge in [0.15, 0.2) is 0 Å². The average Bonchev–Trinajstić information content (AvgIpc) is 2.72. The van der Waals surface area contributed by atoms with E-state index >= 15 is 0 Å². The van der Waals surface area contributed by atoms with Gasteiger partial charge in [-0.15, -0.1) is 0 Å². The molecule has 0 aromatic heterocycles. The molecule has 2 nitrogen and oxygen atoms in total. The standard InChI is InChI=1S/C19H30N2/c20-21-19(14-15-8-3-1-2-4-9-15)18-13-6-5-12-17(18)16-10-7-11-16/h5-6,12-13,15-16,19,21H,1-4,7-11,14,20H2. The van der Waals surface area contributed by atoms with Crippen LogP contribution in [0.3, 0.4) is 0 Å². The zero-order chi connectivity index (χ0) is 14.5. The summed E-state index contributed by atoms with van der Waals surface area (Å²) in [7, 11) is 0. The molecule has 2 fully saturated rings. The first-order valence-corrected chi connectivity index (χ1v) is 8.93. The number of hydrazine groups is 1. The van der Waals surface area contributed by atoms with Crippen molar-refractivity contribution in [1.82, 2.24) is 5.43 Å². The molecule has 0 heterocycles. The van der Waals surface area contributed by atoms with E-state index in [1.54, 1.807) is 5.56 Å². The summed E-state index contributed by atoms with van der Waals surface area (Å²) in [6.45, 7) is 0. The van der Waals surface area contributed by atoms with Crippen LogP contribution in [0.4, 0.5) is 0 Å². The highest BCUT2D eigenvalue weighted by atomic mass is 15.2. The van der Waals surface area contributed by atoms with Crippen molar-refractivity contribution in [3.63, 3.8) is 0 Å². The van der Waals surface area contributed by atoms with Crippen LogP contribution in [0.5, 0.6) is 0 Å². The van der Waals surface area contributed by atoms with Crippen molar-refractivity contribution < 1.29 is 0 Å². The van der Waals surface area contributed by atoms with Gasteiger partial charge in [0.05, 0.1) is 0 Å². The Bertz CT molecular complexity index is 431. The molecule has 1 atom stereocenters. The third-order valence-electron chi connectivity index (χ3n) is 5.66. The normalized spacial score (nSPS) is 22.5. The van der Waals surface area contributed by atoms with Crippen molar-refractivity contribution in [2.45, 2.75) is 76.2 Å². The van der Waals surface area contributed by atoms with Crippen LogP contribution in [-0.2, 0) is 0 Å². The Morgan fingerprint density at radius 1 is 0.952 bits per heavy atom. The van der Waals surface area contributed by atoms with Crippen LogP contribution in [0, 0.1) is 5.92 Å². The number of rotatable bonds is 5. The Kier molecular flexibility index (Phi) is 5.32. The van der Waals surface area contributed by atoms with Crippen LogP contribution >= 0.6 is 0 Å². The summed E-state index contributed by atoms with van der Waals surface area (Å²) in [4.78, 5) is 0. The molecule has 2 saturated carbocycles. The molecule has 116 valence electrons. The molecule has 0 aliphatic heterocycles. The zero-order valence-electron chi connectivity index (χ0n) is 13.2. The number of benzene rings is 1. The third-order valence-corrected chi connectivity index (χ3v) is 5.66. The second-order valence-electron chi connectivity index (χ2n) is 7.07. The van der Waals surface area contributed by atoms with Crippen LogP contribution in [0.2, 0.25) is 0 Å². The molecular weight excluding hydrogens is 256 g/mol. The van der Waals surface area contributed by atoms with Crippen molar-refractivity contribution in [2.24, 2.45) is 11.8 Å². The molecule has 0 bridgehead atoms. The smallest absolute Gasteiger partial charge is 0.0465 e. The van der Waals surface area contributed by atoms with E-state index in [1.807, 2.05) is 0 Å². The van der Waals surface area contributed by atoms with E-state index in [0.717, 1.165) is 11.8 Å². The molecule has 2 aliphatic rings. The van der Waals surface area contributed by atoms with E-state index in [-0.39, 0.29) is 0 Å². The lowest BCUT2D eigenvalue weighted by atomic mass is 9.76. The predicted octanol–water partition coefficient (Wildman–Crippen LogP) is 4.82. The van der Waals surface area contributed by atoms with E-state index in [4.69, 9.17) is 5.84 Å². The Morgan fingerprint density at radius 2 is 1.67 bits per heavy atom.